The summed E-state index contributed by atoms with van der Waals surface area (Å²) < 4.78 is 12.4. The van der Waals surface area contributed by atoms with Gasteiger partial charge in [-0.2, -0.15) is 0 Å². The van der Waals surface area contributed by atoms with Crippen LogP contribution in [0, 0.1) is 5.92 Å². The molecule has 17 heavy (non-hydrogen) atoms. The van der Waals surface area contributed by atoms with Gasteiger partial charge in [-0.1, -0.05) is 11.6 Å². The Balaban J connectivity index is 2.07. The van der Waals surface area contributed by atoms with E-state index in [1.54, 1.807) is 6.07 Å². The molecule has 2 heterocycles. The molecule has 2 atom stereocenters. The monoisotopic (exact) mass is 259 g/mol. The van der Waals surface area contributed by atoms with Crippen LogP contribution in [0.1, 0.15) is 12.8 Å². The first-order valence-corrected chi connectivity index (χ1v) is 6.05. The first kappa shape index (κ1) is 12.5. The van der Waals surface area contributed by atoms with E-state index >= 15 is 0 Å². The van der Waals surface area contributed by atoms with Crippen molar-refractivity contribution in [3.05, 3.63) is 17.5 Å². The average molecular weight is 260 g/mol. The van der Waals surface area contributed by atoms with E-state index in [0.29, 0.717) is 31.1 Å². The fraction of sp³-hybridized carbons (Fsp3) is 0.636. The molecule has 6 heteroatoms. The summed E-state index contributed by atoms with van der Waals surface area (Å²) in [5, 5.41) is 10.2. The van der Waals surface area contributed by atoms with E-state index in [4.69, 9.17) is 11.6 Å². The summed E-state index contributed by atoms with van der Waals surface area (Å²) in [6.07, 6.45) is 2.01. The zero-order valence-electron chi connectivity index (χ0n) is 9.39. The number of piperidine rings is 1. The molecule has 0 unspecified atom stereocenters. The fourth-order valence-electron chi connectivity index (χ4n) is 2.15. The second-order valence-electron chi connectivity index (χ2n) is 4.24. The predicted octanol–water partition coefficient (Wildman–Crippen LogP) is 1.68. The second kappa shape index (κ2) is 5.60. The van der Waals surface area contributed by atoms with Crippen LogP contribution in [-0.2, 0) is 0 Å². The third-order valence-electron chi connectivity index (χ3n) is 3.12. The molecule has 1 saturated heterocycles. The van der Waals surface area contributed by atoms with Crippen LogP contribution >= 0.6 is 11.6 Å². The highest BCUT2D eigenvalue weighted by molar-refractivity contribution is 6.29. The van der Waals surface area contributed by atoms with E-state index in [9.17, 15) is 9.50 Å². The number of hydrogen-bond donors (Lipinski definition) is 1. The highest BCUT2D eigenvalue weighted by Crippen LogP contribution is 2.25. The second-order valence-corrected chi connectivity index (χ2v) is 4.63. The minimum Gasteiger partial charge on any atom is -0.393 e. The van der Waals surface area contributed by atoms with Gasteiger partial charge in [0.25, 0.3) is 0 Å². The largest absolute Gasteiger partial charge is 0.393 e. The van der Waals surface area contributed by atoms with Crippen molar-refractivity contribution >= 4 is 17.4 Å². The number of aliphatic hydroxyl groups excluding tert-OH is 1. The number of aromatic nitrogens is 2. The van der Waals surface area contributed by atoms with Gasteiger partial charge in [0.1, 0.15) is 17.3 Å². The molecule has 1 aliphatic rings. The van der Waals surface area contributed by atoms with Gasteiger partial charge in [-0.25, -0.2) is 9.97 Å². The van der Waals surface area contributed by atoms with Crippen molar-refractivity contribution in [2.45, 2.75) is 18.9 Å². The van der Waals surface area contributed by atoms with Crippen molar-refractivity contribution in [2.24, 2.45) is 5.92 Å². The number of aliphatic hydroxyl groups is 1. The quantitative estimate of drug-likeness (QED) is 0.839. The molecule has 1 aromatic rings. The molecule has 0 spiro atoms. The molecule has 2 rings (SSSR count). The molecule has 0 aromatic carbocycles. The Kier molecular flexibility index (Phi) is 4.12. The molecule has 1 N–H and O–H groups in total. The first-order valence-electron chi connectivity index (χ1n) is 5.67. The SMILES string of the molecule is O[C@H]1CCN(c2cc(Cl)ncn2)C[C@H]1CCF. The van der Waals surface area contributed by atoms with Gasteiger partial charge < -0.3 is 10.0 Å². The van der Waals surface area contributed by atoms with Gasteiger partial charge in [-0.3, -0.25) is 4.39 Å². The lowest BCUT2D eigenvalue weighted by Crippen LogP contribution is -2.43. The highest BCUT2D eigenvalue weighted by atomic mass is 35.5. The van der Waals surface area contributed by atoms with Gasteiger partial charge in [0.05, 0.1) is 12.8 Å². The van der Waals surface area contributed by atoms with Crippen LogP contribution in [0.5, 0.6) is 0 Å². The van der Waals surface area contributed by atoms with Crippen LogP contribution in [0.4, 0.5) is 10.2 Å². The van der Waals surface area contributed by atoms with E-state index in [1.807, 2.05) is 4.90 Å². The van der Waals surface area contributed by atoms with Gasteiger partial charge >= 0.3 is 0 Å². The summed E-state index contributed by atoms with van der Waals surface area (Å²) >= 11 is 5.80. The Labute approximate surface area is 104 Å². The first-order chi connectivity index (χ1) is 8.20. The molecule has 0 bridgehead atoms. The summed E-state index contributed by atoms with van der Waals surface area (Å²) in [5.74, 6) is 0.697. The lowest BCUT2D eigenvalue weighted by atomic mass is 9.92. The zero-order valence-corrected chi connectivity index (χ0v) is 10.1. The summed E-state index contributed by atoms with van der Waals surface area (Å²) in [5.41, 5.74) is 0. The molecule has 0 amide bonds. The van der Waals surface area contributed by atoms with Crippen molar-refractivity contribution in [2.75, 3.05) is 24.7 Å². The van der Waals surface area contributed by atoms with Crippen LogP contribution in [0.2, 0.25) is 5.15 Å². The van der Waals surface area contributed by atoms with Crippen LogP contribution in [0.25, 0.3) is 0 Å². The normalized spacial score (nSPS) is 25.0. The molecule has 1 fully saturated rings. The van der Waals surface area contributed by atoms with Crippen molar-refractivity contribution in [3.8, 4) is 0 Å². The Morgan fingerprint density at radius 1 is 1.53 bits per heavy atom. The number of halogens is 2. The average Bonchev–Trinajstić information content (AvgIpc) is 2.32. The zero-order chi connectivity index (χ0) is 12.3. The highest BCUT2D eigenvalue weighted by Gasteiger charge is 2.28. The molecule has 4 nitrogen and oxygen atoms in total. The van der Waals surface area contributed by atoms with Crippen molar-refractivity contribution in [3.63, 3.8) is 0 Å². The lowest BCUT2D eigenvalue weighted by Gasteiger charge is -2.36. The minimum absolute atomic E-state index is 0.0394. The molecule has 1 aliphatic heterocycles. The predicted molar refractivity (Wildman–Crippen MR) is 64.0 cm³/mol. The summed E-state index contributed by atoms with van der Waals surface area (Å²) in [7, 11) is 0. The molecule has 0 saturated carbocycles. The van der Waals surface area contributed by atoms with Crippen molar-refractivity contribution in [1.29, 1.82) is 0 Å². The van der Waals surface area contributed by atoms with Gasteiger partial charge in [-0.05, 0) is 12.8 Å². The molecule has 1 aromatic heterocycles. The maximum Gasteiger partial charge on any atom is 0.134 e. The smallest absolute Gasteiger partial charge is 0.134 e. The Morgan fingerprint density at radius 2 is 2.35 bits per heavy atom. The maximum atomic E-state index is 12.4. The van der Waals surface area contributed by atoms with E-state index < -0.39 is 12.8 Å². The van der Waals surface area contributed by atoms with Crippen molar-refractivity contribution < 1.29 is 9.50 Å². The molecular formula is C11H15ClFN3O. The maximum absolute atomic E-state index is 12.4. The standard InChI is InChI=1S/C11H15ClFN3O/c12-10-5-11(15-7-14-10)16-4-2-9(17)8(6-16)1-3-13/h5,7-9,17H,1-4,6H2/t8-,9+/m1/s1. The molecule has 0 aliphatic carbocycles. The Morgan fingerprint density at radius 3 is 3.06 bits per heavy atom. The number of hydrogen-bond acceptors (Lipinski definition) is 4. The van der Waals surface area contributed by atoms with Crippen LogP contribution < -0.4 is 4.90 Å². The minimum atomic E-state index is -0.417. The van der Waals surface area contributed by atoms with E-state index in [-0.39, 0.29) is 5.92 Å². The molecule has 0 radical (unpaired) electrons. The van der Waals surface area contributed by atoms with E-state index in [2.05, 4.69) is 9.97 Å². The summed E-state index contributed by atoms with van der Waals surface area (Å²) in [4.78, 5) is 9.98. The number of alkyl halides is 1. The number of nitrogens with zero attached hydrogens (tertiary/aromatic N) is 3. The van der Waals surface area contributed by atoms with Gasteiger partial charge in [0.2, 0.25) is 0 Å². The van der Waals surface area contributed by atoms with Crippen LogP contribution in [0.15, 0.2) is 12.4 Å². The lowest BCUT2D eigenvalue weighted by molar-refractivity contribution is 0.0792. The molecule has 94 valence electrons. The fourth-order valence-corrected chi connectivity index (χ4v) is 2.29. The number of rotatable bonds is 3. The summed E-state index contributed by atoms with van der Waals surface area (Å²) in [6, 6.07) is 1.69. The Hall–Kier alpha value is -0.940. The van der Waals surface area contributed by atoms with E-state index in [1.165, 1.54) is 6.33 Å². The van der Waals surface area contributed by atoms with E-state index in [0.717, 1.165) is 5.82 Å². The molecular weight excluding hydrogens is 245 g/mol. The topological polar surface area (TPSA) is 49.2 Å². The Bertz CT molecular complexity index is 379. The van der Waals surface area contributed by atoms with Gasteiger partial charge in [0, 0.05) is 25.1 Å². The number of anilines is 1. The van der Waals surface area contributed by atoms with Gasteiger partial charge in [-0.15, -0.1) is 0 Å². The third kappa shape index (κ3) is 3.04. The van der Waals surface area contributed by atoms with Crippen LogP contribution in [-0.4, -0.2) is 40.9 Å². The van der Waals surface area contributed by atoms with Crippen molar-refractivity contribution in [1.82, 2.24) is 9.97 Å². The van der Waals surface area contributed by atoms with Gasteiger partial charge in [0.15, 0.2) is 0 Å². The third-order valence-corrected chi connectivity index (χ3v) is 3.32. The van der Waals surface area contributed by atoms with Crippen LogP contribution in [0.3, 0.4) is 0 Å². The summed E-state index contributed by atoms with van der Waals surface area (Å²) in [6.45, 7) is 0.913.